The quantitative estimate of drug-likeness (QED) is 0.797. The van der Waals surface area contributed by atoms with E-state index < -0.39 is 0 Å². The molecule has 5 heteroatoms. The molecule has 96 valence electrons. The number of aromatic nitrogens is 2. The van der Waals surface area contributed by atoms with E-state index in [0.29, 0.717) is 13.0 Å². The van der Waals surface area contributed by atoms with Crippen molar-refractivity contribution < 1.29 is 4.79 Å². The highest BCUT2D eigenvalue weighted by Gasteiger charge is 2.14. The van der Waals surface area contributed by atoms with Gasteiger partial charge < -0.3 is 4.90 Å². The summed E-state index contributed by atoms with van der Waals surface area (Å²) < 4.78 is 5.26. The molecule has 0 atom stereocenters. The standard InChI is InChI=1S/C14H13N3OS/c1-10-3-2-4-12(16-10)7-14(18)17-6-5-13-11(9-17)8-15-19-13/h2-5,8-9H,6-7H2,1H3. The van der Waals surface area contributed by atoms with E-state index in [9.17, 15) is 4.79 Å². The molecule has 2 aromatic heterocycles. The van der Waals surface area contributed by atoms with E-state index in [1.165, 1.54) is 11.5 Å². The van der Waals surface area contributed by atoms with Crippen LogP contribution < -0.4 is 9.75 Å². The zero-order valence-corrected chi connectivity index (χ0v) is 11.4. The summed E-state index contributed by atoms with van der Waals surface area (Å²) in [6, 6.07) is 5.74. The van der Waals surface area contributed by atoms with Gasteiger partial charge in [-0.2, -0.15) is 4.37 Å². The number of carbonyl (C=O) groups is 1. The van der Waals surface area contributed by atoms with Crippen LogP contribution in [0.2, 0.25) is 0 Å². The molecule has 1 aliphatic heterocycles. The summed E-state index contributed by atoms with van der Waals surface area (Å²) in [5.41, 5.74) is 1.75. The SMILES string of the molecule is Cc1cccc(CC(=O)N2C=c3cnsc3=CC2)n1. The third-order valence-corrected chi connectivity index (χ3v) is 3.80. The van der Waals surface area contributed by atoms with E-state index >= 15 is 0 Å². The molecule has 3 rings (SSSR count). The molecule has 1 aliphatic rings. The highest BCUT2D eigenvalue weighted by atomic mass is 32.1. The van der Waals surface area contributed by atoms with Crippen molar-refractivity contribution >= 4 is 29.7 Å². The molecule has 2 aromatic rings. The summed E-state index contributed by atoms with van der Waals surface area (Å²) >= 11 is 1.46. The Balaban J connectivity index is 1.79. The first-order chi connectivity index (χ1) is 9.22. The molecule has 0 unspecified atom stereocenters. The van der Waals surface area contributed by atoms with E-state index in [2.05, 4.69) is 9.36 Å². The molecule has 0 radical (unpaired) electrons. The van der Waals surface area contributed by atoms with E-state index in [4.69, 9.17) is 0 Å². The van der Waals surface area contributed by atoms with Gasteiger partial charge in [0.05, 0.1) is 11.0 Å². The molecule has 0 saturated heterocycles. The van der Waals surface area contributed by atoms with Gasteiger partial charge in [0.1, 0.15) is 0 Å². The first kappa shape index (κ1) is 12.0. The number of amides is 1. The molecule has 0 aliphatic carbocycles. The normalized spacial score (nSPS) is 13.4. The van der Waals surface area contributed by atoms with E-state index in [1.54, 1.807) is 11.1 Å². The van der Waals surface area contributed by atoms with Crippen LogP contribution in [0.4, 0.5) is 0 Å². The Hall–Kier alpha value is -2.01. The number of carbonyl (C=O) groups excluding carboxylic acids is 1. The molecular formula is C14H13N3OS. The van der Waals surface area contributed by atoms with Crippen molar-refractivity contribution in [2.24, 2.45) is 0 Å². The maximum absolute atomic E-state index is 12.2. The van der Waals surface area contributed by atoms with E-state index in [1.807, 2.05) is 37.4 Å². The first-order valence-electron chi connectivity index (χ1n) is 6.07. The van der Waals surface area contributed by atoms with Gasteiger partial charge in [0.15, 0.2) is 0 Å². The van der Waals surface area contributed by atoms with Crippen LogP contribution in [0, 0.1) is 6.92 Å². The molecule has 0 bridgehead atoms. The predicted octanol–water partition coefficient (Wildman–Crippen LogP) is 0.450. The molecule has 0 spiro atoms. The third-order valence-electron chi connectivity index (χ3n) is 2.99. The fourth-order valence-corrected chi connectivity index (χ4v) is 2.68. The Morgan fingerprint density at radius 2 is 2.37 bits per heavy atom. The lowest BCUT2D eigenvalue weighted by Crippen LogP contribution is -2.36. The van der Waals surface area contributed by atoms with E-state index in [-0.39, 0.29) is 5.91 Å². The van der Waals surface area contributed by atoms with Crippen molar-refractivity contribution in [2.45, 2.75) is 13.3 Å². The fourth-order valence-electron chi connectivity index (χ4n) is 2.04. The molecule has 0 saturated carbocycles. The van der Waals surface area contributed by atoms with Crippen molar-refractivity contribution in [2.75, 3.05) is 6.54 Å². The van der Waals surface area contributed by atoms with Crippen LogP contribution in [0.15, 0.2) is 24.4 Å². The van der Waals surface area contributed by atoms with Crippen LogP contribution in [0.1, 0.15) is 11.4 Å². The van der Waals surface area contributed by atoms with Gasteiger partial charge >= 0.3 is 0 Å². The Kier molecular flexibility index (Phi) is 3.13. The Morgan fingerprint density at radius 1 is 1.47 bits per heavy atom. The van der Waals surface area contributed by atoms with E-state index in [0.717, 1.165) is 21.1 Å². The number of aryl methyl sites for hydroxylation is 1. The van der Waals surface area contributed by atoms with Crippen molar-refractivity contribution in [3.8, 4) is 0 Å². The van der Waals surface area contributed by atoms with Gasteiger partial charge in [0.2, 0.25) is 5.91 Å². The highest BCUT2D eigenvalue weighted by Crippen LogP contribution is 2.04. The molecule has 0 fully saturated rings. The van der Waals surface area contributed by atoms with Crippen LogP contribution in [-0.4, -0.2) is 26.7 Å². The molecule has 4 nitrogen and oxygen atoms in total. The minimum Gasteiger partial charge on any atom is -0.314 e. The second kappa shape index (κ2) is 4.93. The zero-order valence-electron chi connectivity index (χ0n) is 10.5. The number of fused-ring (bicyclic) bond motifs is 1. The second-order valence-corrected chi connectivity index (χ2v) is 5.31. The van der Waals surface area contributed by atoms with Crippen LogP contribution in [0.25, 0.3) is 12.3 Å². The first-order valence-corrected chi connectivity index (χ1v) is 6.84. The summed E-state index contributed by atoms with van der Waals surface area (Å²) in [6.07, 6.45) is 6.03. The van der Waals surface area contributed by atoms with Crippen molar-refractivity contribution in [1.82, 2.24) is 14.3 Å². The number of pyridine rings is 1. The van der Waals surface area contributed by atoms with Crippen LogP contribution in [0.5, 0.6) is 0 Å². The van der Waals surface area contributed by atoms with Gasteiger partial charge in [0, 0.05) is 35.5 Å². The van der Waals surface area contributed by atoms with Gasteiger partial charge in [-0.05, 0) is 36.7 Å². The molecule has 3 heterocycles. The summed E-state index contributed by atoms with van der Waals surface area (Å²) in [5, 5.41) is 1.02. The van der Waals surface area contributed by atoms with Gasteiger partial charge in [-0.15, -0.1) is 0 Å². The molecule has 1 amide bonds. The molecule has 0 N–H and O–H groups in total. The van der Waals surface area contributed by atoms with Gasteiger partial charge in [-0.25, -0.2) is 0 Å². The predicted molar refractivity (Wildman–Crippen MR) is 74.7 cm³/mol. The number of hydrogen-bond donors (Lipinski definition) is 0. The Bertz CT molecular complexity index is 735. The maximum Gasteiger partial charge on any atom is 0.232 e. The van der Waals surface area contributed by atoms with Crippen molar-refractivity contribution in [3.63, 3.8) is 0 Å². The fraction of sp³-hybridized carbons (Fsp3) is 0.214. The average molecular weight is 271 g/mol. The summed E-state index contributed by atoms with van der Waals surface area (Å²) in [4.78, 5) is 18.3. The van der Waals surface area contributed by atoms with Gasteiger partial charge in [-0.1, -0.05) is 6.07 Å². The minimum atomic E-state index is 0.0613. The zero-order chi connectivity index (χ0) is 13.2. The van der Waals surface area contributed by atoms with Crippen molar-refractivity contribution in [1.29, 1.82) is 0 Å². The largest absolute Gasteiger partial charge is 0.314 e. The van der Waals surface area contributed by atoms with Crippen molar-refractivity contribution in [3.05, 3.63) is 45.5 Å². The topological polar surface area (TPSA) is 46.1 Å². The van der Waals surface area contributed by atoms with Gasteiger partial charge in [-0.3, -0.25) is 9.78 Å². The molecule has 19 heavy (non-hydrogen) atoms. The number of hydrogen-bond acceptors (Lipinski definition) is 4. The van der Waals surface area contributed by atoms with Crippen LogP contribution in [0.3, 0.4) is 0 Å². The summed E-state index contributed by atoms with van der Waals surface area (Å²) in [7, 11) is 0. The minimum absolute atomic E-state index is 0.0613. The lowest BCUT2D eigenvalue weighted by Gasteiger charge is -2.18. The average Bonchev–Trinajstić information content (AvgIpc) is 2.85. The Morgan fingerprint density at radius 3 is 3.21 bits per heavy atom. The lowest BCUT2D eigenvalue weighted by molar-refractivity contribution is -0.126. The van der Waals surface area contributed by atoms with Crippen LogP contribution in [-0.2, 0) is 11.2 Å². The lowest BCUT2D eigenvalue weighted by atomic mass is 10.2. The highest BCUT2D eigenvalue weighted by molar-refractivity contribution is 7.03. The molecular weight excluding hydrogens is 258 g/mol. The number of rotatable bonds is 2. The third kappa shape index (κ3) is 2.56. The summed E-state index contributed by atoms with van der Waals surface area (Å²) in [5.74, 6) is 0.0613. The monoisotopic (exact) mass is 271 g/mol. The summed E-state index contributed by atoms with van der Waals surface area (Å²) in [6.45, 7) is 2.54. The second-order valence-electron chi connectivity index (χ2n) is 4.47. The Labute approximate surface area is 114 Å². The molecule has 0 aromatic carbocycles. The van der Waals surface area contributed by atoms with Gasteiger partial charge in [0.25, 0.3) is 0 Å². The number of nitrogens with zero attached hydrogens (tertiary/aromatic N) is 3. The smallest absolute Gasteiger partial charge is 0.232 e. The maximum atomic E-state index is 12.2. The van der Waals surface area contributed by atoms with Crippen LogP contribution >= 0.6 is 11.5 Å².